The van der Waals surface area contributed by atoms with Crippen LogP contribution in [0.4, 0.5) is 0 Å². The van der Waals surface area contributed by atoms with Crippen molar-refractivity contribution in [3.63, 3.8) is 0 Å². The van der Waals surface area contributed by atoms with Crippen molar-refractivity contribution in [2.24, 2.45) is 5.73 Å². The Morgan fingerprint density at radius 1 is 1.12 bits per heavy atom. The smallest absolute Gasteiger partial charge is 0.0761 e. The van der Waals surface area contributed by atoms with Crippen LogP contribution >= 0.6 is 0 Å². The summed E-state index contributed by atoms with van der Waals surface area (Å²) < 4.78 is 5.44. The predicted octanol–water partition coefficient (Wildman–Crippen LogP) is 3.26. The van der Waals surface area contributed by atoms with E-state index in [4.69, 9.17) is 10.5 Å². The third kappa shape index (κ3) is 2.33. The van der Waals surface area contributed by atoms with Crippen molar-refractivity contribution in [3.05, 3.63) is 48.0 Å². The van der Waals surface area contributed by atoms with Gasteiger partial charge in [0, 0.05) is 7.11 Å². The normalized spacial score (nSPS) is 14.8. The highest BCUT2D eigenvalue weighted by Crippen LogP contribution is 2.26. The standard InChI is InChI=1S/C15H19NO/c1-3-14(17-2)15(16)13-10-6-8-11-7-4-5-9-12(11)13/h4-10,14-15H,3,16H2,1-2H3. The lowest BCUT2D eigenvalue weighted by molar-refractivity contribution is 0.0776. The first kappa shape index (κ1) is 12.1. The average molecular weight is 229 g/mol. The van der Waals surface area contributed by atoms with E-state index in [-0.39, 0.29) is 12.1 Å². The van der Waals surface area contributed by atoms with Gasteiger partial charge in [0.2, 0.25) is 0 Å². The lowest BCUT2D eigenvalue weighted by atomic mass is 9.95. The summed E-state index contributed by atoms with van der Waals surface area (Å²) in [4.78, 5) is 0. The molecule has 2 aromatic carbocycles. The third-order valence-corrected chi connectivity index (χ3v) is 3.29. The molecular formula is C15H19NO. The molecule has 0 saturated heterocycles. The molecule has 0 aliphatic rings. The molecule has 90 valence electrons. The fraction of sp³-hybridized carbons (Fsp3) is 0.333. The highest BCUT2D eigenvalue weighted by Gasteiger charge is 2.18. The van der Waals surface area contributed by atoms with E-state index < -0.39 is 0 Å². The Labute approximate surface area is 102 Å². The van der Waals surface area contributed by atoms with E-state index in [0.29, 0.717) is 0 Å². The van der Waals surface area contributed by atoms with Crippen LogP contribution in [0.2, 0.25) is 0 Å². The second-order valence-electron chi connectivity index (χ2n) is 4.28. The summed E-state index contributed by atoms with van der Waals surface area (Å²) in [5.41, 5.74) is 7.47. The maximum absolute atomic E-state index is 6.30. The van der Waals surface area contributed by atoms with E-state index in [9.17, 15) is 0 Å². The Hall–Kier alpha value is -1.38. The molecule has 2 unspecified atom stereocenters. The fourth-order valence-electron chi connectivity index (χ4n) is 2.31. The molecule has 0 heterocycles. The van der Waals surface area contributed by atoms with Crippen LogP contribution in [0.25, 0.3) is 10.8 Å². The molecule has 0 aliphatic heterocycles. The Bertz CT molecular complexity index is 486. The van der Waals surface area contributed by atoms with Gasteiger partial charge in [-0.25, -0.2) is 0 Å². The van der Waals surface area contributed by atoms with Gasteiger partial charge in [0.05, 0.1) is 12.1 Å². The largest absolute Gasteiger partial charge is 0.379 e. The molecule has 0 aliphatic carbocycles. The Morgan fingerprint density at radius 3 is 2.53 bits per heavy atom. The molecule has 0 amide bonds. The molecule has 0 aromatic heterocycles. The lowest BCUT2D eigenvalue weighted by Crippen LogP contribution is -2.27. The van der Waals surface area contributed by atoms with Gasteiger partial charge in [-0.15, -0.1) is 0 Å². The van der Waals surface area contributed by atoms with Gasteiger partial charge in [-0.1, -0.05) is 49.4 Å². The summed E-state index contributed by atoms with van der Waals surface area (Å²) in [5.74, 6) is 0. The van der Waals surface area contributed by atoms with Crippen LogP contribution < -0.4 is 5.73 Å². The zero-order valence-electron chi connectivity index (χ0n) is 10.4. The van der Waals surface area contributed by atoms with Crippen molar-refractivity contribution in [3.8, 4) is 0 Å². The number of nitrogens with two attached hydrogens (primary N) is 1. The molecule has 2 heteroatoms. The molecule has 2 N–H and O–H groups in total. The lowest BCUT2D eigenvalue weighted by Gasteiger charge is -2.22. The van der Waals surface area contributed by atoms with Gasteiger partial charge < -0.3 is 10.5 Å². The third-order valence-electron chi connectivity index (χ3n) is 3.29. The summed E-state index contributed by atoms with van der Waals surface area (Å²) in [6, 6.07) is 14.5. The van der Waals surface area contributed by atoms with Crippen molar-refractivity contribution in [1.82, 2.24) is 0 Å². The van der Waals surface area contributed by atoms with Crippen LogP contribution in [0.15, 0.2) is 42.5 Å². The van der Waals surface area contributed by atoms with Gasteiger partial charge in [-0.05, 0) is 22.8 Å². The molecule has 0 spiro atoms. The van der Waals surface area contributed by atoms with Crippen LogP contribution in [-0.4, -0.2) is 13.2 Å². The minimum absolute atomic E-state index is 0.0702. The van der Waals surface area contributed by atoms with Gasteiger partial charge in [-0.2, -0.15) is 0 Å². The SMILES string of the molecule is CCC(OC)C(N)c1cccc2ccccc12. The number of fused-ring (bicyclic) bond motifs is 1. The maximum atomic E-state index is 6.30. The van der Waals surface area contributed by atoms with Crippen LogP contribution in [-0.2, 0) is 4.74 Å². The van der Waals surface area contributed by atoms with E-state index in [2.05, 4.69) is 37.3 Å². The van der Waals surface area contributed by atoms with Crippen molar-refractivity contribution >= 4 is 10.8 Å². The molecular weight excluding hydrogens is 210 g/mol. The Balaban J connectivity index is 2.47. The van der Waals surface area contributed by atoms with Gasteiger partial charge in [-0.3, -0.25) is 0 Å². The first-order chi connectivity index (χ1) is 8.27. The van der Waals surface area contributed by atoms with Crippen LogP contribution in [0.1, 0.15) is 24.9 Å². The average Bonchev–Trinajstić information content (AvgIpc) is 2.39. The second kappa shape index (κ2) is 5.30. The first-order valence-electron chi connectivity index (χ1n) is 6.04. The van der Waals surface area contributed by atoms with Crippen molar-refractivity contribution in [2.75, 3.05) is 7.11 Å². The van der Waals surface area contributed by atoms with E-state index in [1.807, 2.05) is 12.1 Å². The summed E-state index contributed by atoms with van der Waals surface area (Å²) in [5, 5.41) is 2.45. The van der Waals surface area contributed by atoms with E-state index in [0.717, 1.165) is 12.0 Å². The molecule has 0 radical (unpaired) electrons. The second-order valence-corrected chi connectivity index (χ2v) is 4.28. The molecule has 2 aromatic rings. The number of methoxy groups -OCH3 is 1. The van der Waals surface area contributed by atoms with Crippen molar-refractivity contribution < 1.29 is 4.74 Å². The van der Waals surface area contributed by atoms with E-state index in [1.165, 1.54) is 10.8 Å². The number of ether oxygens (including phenoxy) is 1. The zero-order chi connectivity index (χ0) is 12.3. The zero-order valence-corrected chi connectivity index (χ0v) is 10.4. The number of hydrogen-bond donors (Lipinski definition) is 1. The topological polar surface area (TPSA) is 35.2 Å². The Kier molecular flexibility index (Phi) is 3.77. The minimum Gasteiger partial charge on any atom is -0.379 e. The summed E-state index contributed by atoms with van der Waals surface area (Å²) in [7, 11) is 1.72. The Morgan fingerprint density at radius 2 is 1.82 bits per heavy atom. The van der Waals surface area contributed by atoms with Gasteiger partial charge in [0.1, 0.15) is 0 Å². The van der Waals surface area contributed by atoms with Gasteiger partial charge in [0.25, 0.3) is 0 Å². The van der Waals surface area contributed by atoms with Crippen LogP contribution in [0.5, 0.6) is 0 Å². The molecule has 0 saturated carbocycles. The van der Waals surface area contributed by atoms with Crippen molar-refractivity contribution in [1.29, 1.82) is 0 Å². The minimum atomic E-state index is -0.0731. The summed E-state index contributed by atoms with van der Waals surface area (Å²) in [6.45, 7) is 2.10. The highest BCUT2D eigenvalue weighted by molar-refractivity contribution is 5.86. The predicted molar refractivity (Wildman–Crippen MR) is 72.0 cm³/mol. The number of benzene rings is 2. The molecule has 2 atom stereocenters. The first-order valence-corrected chi connectivity index (χ1v) is 6.04. The number of hydrogen-bond acceptors (Lipinski definition) is 2. The van der Waals surface area contributed by atoms with Gasteiger partial charge >= 0.3 is 0 Å². The monoisotopic (exact) mass is 229 g/mol. The summed E-state index contributed by atoms with van der Waals surface area (Å²) in [6.07, 6.45) is 0.988. The molecule has 17 heavy (non-hydrogen) atoms. The highest BCUT2D eigenvalue weighted by atomic mass is 16.5. The molecule has 0 bridgehead atoms. The van der Waals surface area contributed by atoms with Gasteiger partial charge in [0.15, 0.2) is 0 Å². The van der Waals surface area contributed by atoms with Crippen molar-refractivity contribution in [2.45, 2.75) is 25.5 Å². The van der Waals surface area contributed by atoms with Crippen LogP contribution in [0.3, 0.4) is 0 Å². The van der Waals surface area contributed by atoms with E-state index in [1.54, 1.807) is 7.11 Å². The van der Waals surface area contributed by atoms with E-state index >= 15 is 0 Å². The fourth-order valence-corrected chi connectivity index (χ4v) is 2.31. The number of rotatable bonds is 4. The molecule has 0 fully saturated rings. The van der Waals surface area contributed by atoms with Crippen LogP contribution in [0, 0.1) is 0 Å². The summed E-state index contributed by atoms with van der Waals surface area (Å²) >= 11 is 0. The quantitative estimate of drug-likeness (QED) is 0.873. The molecule has 2 rings (SSSR count). The molecule has 2 nitrogen and oxygen atoms in total. The maximum Gasteiger partial charge on any atom is 0.0761 e.